The zero-order valence-electron chi connectivity index (χ0n) is 14.7. The van der Waals surface area contributed by atoms with Crippen molar-refractivity contribution >= 4 is 28.6 Å². The second-order valence-corrected chi connectivity index (χ2v) is 8.89. The molecule has 0 unspecified atom stereocenters. The lowest BCUT2D eigenvalue weighted by Crippen LogP contribution is -2.29. The van der Waals surface area contributed by atoms with Gasteiger partial charge in [-0.15, -0.1) is 0 Å². The third-order valence-electron chi connectivity index (χ3n) is 5.22. The van der Waals surface area contributed by atoms with E-state index in [2.05, 4.69) is 36.4 Å². The number of carbonyl (C=O) groups is 1. The lowest BCUT2D eigenvalue weighted by Gasteiger charge is -2.35. The molecule has 1 aromatic heterocycles. The zero-order valence-corrected chi connectivity index (χ0v) is 16.9. The first-order valence-corrected chi connectivity index (χ1v) is 9.99. The Hall–Kier alpha value is -0.690. The normalized spacial score (nSPS) is 23.1. The summed E-state index contributed by atoms with van der Waals surface area (Å²) in [5.74, 6) is 0.0431. The molecule has 132 valence electrons. The van der Waals surface area contributed by atoms with Crippen LogP contribution >= 0.6 is 22.6 Å². The summed E-state index contributed by atoms with van der Waals surface area (Å²) in [7, 11) is 0. The lowest BCUT2D eigenvalue weighted by molar-refractivity contribution is 0.0520. The molecule has 4 nitrogen and oxygen atoms in total. The second kappa shape index (κ2) is 6.90. The molecule has 0 radical (unpaired) electrons. The van der Waals surface area contributed by atoms with E-state index in [-0.39, 0.29) is 11.4 Å². The van der Waals surface area contributed by atoms with E-state index in [0.29, 0.717) is 24.5 Å². The minimum atomic E-state index is -0.561. The van der Waals surface area contributed by atoms with Gasteiger partial charge in [-0.3, -0.25) is 4.98 Å². The van der Waals surface area contributed by atoms with Gasteiger partial charge in [-0.2, -0.15) is 0 Å². The van der Waals surface area contributed by atoms with Crippen molar-refractivity contribution in [3.05, 3.63) is 26.1 Å². The van der Waals surface area contributed by atoms with E-state index >= 15 is 0 Å². The standard InChI is InChI=1S/C19H26INO3/c1-4-24-18(23)15-16(20)14-12(9-19(2,3)10-13(14)22)21-17(15)11-7-5-6-8-11/h11,13,22H,4-10H2,1-3H3/t13-/m0/s1. The van der Waals surface area contributed by atoms with E-state index in [1.165, 1.54) is 12.8 Å². The molecule has 1 fully saturated rings. The van der Waals surface area contributed by atoms with Crippen LogP contribution in [0.25, 0.3) is 0 Å². The predicted octanol–water partition coefficient (Wildman–Crippen LogP) is 4.53. The third kappa shape index (κ3) is 3.34. The maximum Gasteiger partial charge on any atom is 0.341 e. The maximum absolute atomic E-state index is 12.6. The van der Waals surface area contributed by atoms with Crippen LogP contribution in [0, 0.1) is 8.99 Å². The van der Waals surface area contributed by atoms with Crippen molar-refractivity contribution in [3.8, 4) is 0 Å². The molecule has 1 atom stereocenters. The summed E-state index contributed by atoms with van der Waals surface area (Å²) < 4.78 is 6.16. The monoisotopic (exact) mass is 443 g/mol. The highest BCUT2D eigenvalue weighted by molar-refractivity contribution is 14.1. The van der Waals surface area contributed by atoms with Crippen LogP contribution in [0.2, 0.25) is 0 Å². The van der Waals surface area contributed by atoms with Crippen LogP contribution in [0.4, 0.5) is 0 Å². The van der Waals surface area contributed by atoms with Gasteiger partial charge in [0.25, 0.3) is 0 Å². The van der Waals surface area contributed by atoms with Crippen molar-refractivity contribution in [2.75, 3.05) is 6.61 Å². The number of carbonyl (C=O) groups excluding carboxylic acids is 1. The van der Waals surface area contributed by atoms with Gasteiger partial charge < -0.3 is 9.84 Å². The number of esters is 1. The van der Waals surface area contributed by atoms with Crippen LogP contribution in [0.1, 0.15) is 92.2 Å². The smallest absolute Gasteiger partial charge is 0.341 e. The molecule has 24 heavy (non-hydrogen) atoms. The molecule has 1 N–H and O–H groups in total. The number of aromatic nitrogens is 1. The lowest BCUT2D eigenvalue weighted by atomic mass is 9.74. The van der Waals surface area contributed by atoms with Gasteiger partial charge in [0, 0.05) is 20.7 Å². The number of hydrogen-bond acceptors (Lipinski definition) is 4. The number of ether oxygens (including phenoxy) is 1. The molecule has 1 saturated carbocycles. The Balaban J connectivity index is 2.16. The molecule has 0 bridgehead atoms. The first-order chi connectivity index (χ1) is 11.3. The second-order valence-electron chi connectivity index (χ2n) is 7.81. The minimum absolute atomic E-state index is 0.0287. The van der Waals surface area contributed by atoms with E-state index in [9.17, 15) is 9.90 Å². The fourth-order valence-electron chi connectivity index (χ4n) is 4.15. The summed E-state index contributed by atoms with van der Waals surface area (Å²) in [6.45, 7) is 6.51. The van der Waals surface area contributed by atoms with Crippen molar-refractivity contribution < 1.29 is 14.6 Å². The third-order valence-corrected chi connectivity index (χ3v) is 6.35. The molecule has 1 heterocycles. The number of fused-ring (bicyclic) bond motifs is 1. The van der Waals surface area contributed by atoms with Crippen LogP contribution < -0.4 is 0 Å². The Bertz CT molecular complexity index is 651. The number of hydrogen-bond donors (Lipinski definition) is 1. The summed E-state index contributed by atoms with van der Waals surface area (Å²) in [5, 5.41) is 10.7. The zero-order chi connectivity index (χ0) is 17.5. The van der Waals surface area contributed by atoms with E-state index in [4.69, 9.17) is 9.72 Å². The van der Waals surface area contributed by atoms with E-state index in [1.54, 1.807) is 0 Å². The summed E-state index contributed by atoms with van der Waals surface area (Å²) in [6, 6.07) is 0. The first kappa shape index (κ1) is 18.1. The van der Waals surface area contributed by atoms with E-state index in [0.717, 1.165) is 39.8 Å². The molecule has 0 amide bonds. The van der Waals surface area contributed by atoms with E-state index < -0.39 is 6.10 Å². The van der Waals surface area contributed by atoms with Crippen LogP contribution in [0.15, 0.2) is 0 Å². The van der Waals surface area contributed by atoms with Crippen molar-refractivity contribution in [1.29, 1.82) is 0 Å². The molecule has 2 aliphatic carbocycles. The van der Waals surface area contributed by atoms with Crippen LogP contribution in [0.3, 0.4) is 0 Å². The molecule has 2 aliphatic rings. The summed E-state index contributed by atoms with van der Waals surface area (Å²) in [5.41, 5.74) is 3.35. The number of pyridine rings is 1. The van der Waals surface area contributed by atoms with Gasteiger partial charge in [-0.05, 0) is 60.6 Å². The molecule has 0 aromatic carbocycles. The molecule has 0 saturated heterocycles. The van der Waals surface area contributed by atoms with Crippen molar-refractivity contribution in [2.45, 2.75) is 71.3 Å². The number of aliphatic hydroxyl groups is 1. The number of nitrogens with zero attached hydrogens (tertiary/aromatic N) is 1. The van der Waals surface area contributed by atoms with Gasteiger partial charge in [0.2, 0.25) is 0 Å². The fourth-order valence-corrected chi connectivity index (χ4v) is 5.32. The maximum atomic E-state index is 12.6. The molecule has 1 aromatic rings. The van der Waals surface area contributed by atoms with Gasteiger partial charge in [0.15, 0.2) is 0 Å². The Kier molecular flexibility index (Phi) is 5.21. The largest absolute Gasteiger partial charge is 0.462 e. The van der Waals surface area contributed by atoms with Gasteiger partial charge in [-0.1, -0.05) is 26.7 Å². The minimum Gasteiger partial charge on any atom is -0.462 e. The van der Waals surface area contributed by atoms with E-state index in [1.807, 2.05) is 6.92 Å². The molecule has 3 rings (SSSR count). The molecule has 0 spiro atoms. The summed E-state index contributed by atoms with van der Waals surface area (Å²) in [4.78, 5) is 17.6. The molecular weight excluding hydrogens is 417 g/mol. The van der Waals surface area contributed by atoms with Crippen molar-refractivity contribution in [2.24, 2.45) is 5.41 Å². The average Bonchev–Trinajstić information content (AvgIpc) is 2.98. The Morgan fingerprint density at radius 1 is 1.38 bits per heavy atom. The fraction of sp³-hybridized carbons (Fsp3) is 0.684. The quantitative estimate of drug-likeness (QED) is 0.551. The number of rotatable bonds is 3. The molecule has 5 heteroatoms. The summed E-state index contributed by atoms with van der Waals surface area (Å²) in [6.07, 6.45) is 5.53. The van der Waals surface area contributed by atoms with Crippen molar-refractivity contribution in [3.63, 3.8) is 0 Å². The number of halogens is 1. The average molecular weight is 443 g/mol. The molecule has 0 aliphatic heterocycles. The number of aliphatic hydroxyl groups excluding tert-OH is 1. The van der Waals surface area contributed by atoms with Crippen molar-refractivity contribution in [1.82, 2.24) is 4.98 Å². The van der Waals surface area contributed by atoms with Gasteiger partial charge in [0.1, 0.15) is 0 Å². The van der Waals surface area contributed by atoms with Gasteiger partial charge in [0.05, 0.1) is 24.0 Å². The topological polar surface area (TPSA) is 59.4 Å². The van der Waals surface area contributed by atoms with Crippen LogP contribution in [-0.4, -0.2) is 22.7 Å². The highest BCUT2D eigenvalue weighted by atomic mass is 127. The summed E-state index contributed by atoms with van der Waals surface area (Å²) >= 11 is 2.22. The van der Waals surface area contributed by atoms with Crippen LogP contribution in [-0.2, 0) is 11.2 Å². The highest BCUT2D eigenvalue weighted by Crippen LogP contribution is 2.45. The van der Waals surface area contributed by atoms with Gasteiger partial charge >= 0.3 is 5.97 Å². The SMILES string of the molecule is CCOC(=O)c1c(C2CCCC2)nc2c(c1I)[C@@H](O)CC(C)(C)C2. The predicted molar refractivity (Wildman–Crippen MR) is 101 cm³/mol. The Labute approximate surface area is 157 Å². The van der Waals surface area contributed by atoms with Crippen LogP contribution in [0.5, 0.6) is 0 Å². The Morgan fingerprint density at radius 2 is 2.04 bits per heavy atom. The van der Waals surface area contributed by atoms with Gasteiger partial charge in [-0.25, -0.2) is 4.79 Å². The molecular formula is C19H26INO3. The Morgan fingerprint density at radius 3 is 2.67 bits per heavy atom. The first-order valence-electron chi connectivity index (χ1n) is 8.91. The highest BCUT2D eigenvalue weighted by Gasteiger charge is 2.38.